The Labute approximate surface area is 75.7 Å². The molecule has 0 spiro atoms. The van der Waals surface area contributed by atoms with Gasteiger partial charge in [-0.1, -0.05) is 6.08 Å². The first-order valence-corrected chi connectivity index (χ1v) is 4.76. The van der Waals surface area contributed by atoms with Gasteiger partial charge in [-0.2, -0.15) is 0 Å². The Bertz CT molecular complexity index is 104. The summed E-state index contributed by atoms with van der Waals surface area (Å²) in [5.41, 5.74) is 0. The Morgan fingerprint density at radius 3 is 2.75 bits per heavy atom. The zero-order valence-electron chi connectivity index (χ0n) is 8.05. The molecule has 0 bridgehead atoms. The van der Waals surface area contributed by atoms with Gasteiger partial charge in [0.15, 0.2) is 0 Å². The van der Waals surface area contributed by atoms with Crippen molar-refractivity contribution in [2.75, 3.05) is 13.2 Å². The summed E-state index contributed by atoms with van der Waals surface area (Å²) in [7, 11) is 0. The second kappa shape index (κ2) is 8.75. The van der Waals surface area contributed by atoms with E-state index in [1.54, 1.807) is 0 Å². The van der Waals surface area contributed by atoms with Crippen LogP contribution in [0.15, 0.2) is 12.7 Å². The lowest BCUT2D eigenvalue weighted by molar-refractivity contribution is 0.282. The van der Waals surface area contributed by atoms with Crippen LogP contribution >= 0.6 is 0 Å². The Balaban J connectivity index is 3.02. The number of unbranched alkanes of at least 4 members (excludes halogenated alkanes) is 2. The van der Waals surface area contributed by atoms with Crippen molar-refractivity contribution in [2.45, 2.75) is 38.6 Å². The van der Waals surface area contributed by atoms with Crippen molar-refractivity contribution < 1.29 is 5.11 Å². The van der Waals surface area contributed by atoms with E-state index >= 15 is 0 Å². The first kappa shape index (κ1) is 11.7. The van der Waals surface area contributed by atoms with Gasteiger partial charge < -0.3 is 10.4 Å². The lowest BCUT2D eigenvalue weighted by atomic mass is 10.2. The Kier molecular flexibility index (Phi) is 8.51. The molecule has 0 rings (SSSR count). The molecule has 0 saturated carbocycles. The van der Waals surface area contributed by atoms with Crippen LogP contribution in [0.1, 0.15) is 32.6 Å². The van der Waals surface area contributed by atoms with Crippen molar-refractivity contribution in [3.05, 3.63) is 12.7 Å². The van der Waals surface area contributed by atoms with Gasteiger partial charge >= 0.3 is 0 Å². The SMILES string of the molecule is C=CCC(C)NCCCCCO. The standard InChI is InChI=1S/C10H21NO/c1-3-7-10(2)11-8-5-4-6-9-12/h3,10-12H,1,4-9H2,2H3. The largest absolute Gasteiger partial charge is 0.396 e. The summed E-state index contributed by atoms with van der Waals surface area (Å²) in [6.07, 6.45) is 6.16. The Hall–Kier alpha value is -0.340. The molecule has 0 aliphatic heterocycles. The van der Waals surface area contributed by atoms with Crippen molar-refractivity contribution >= 4 is 0 Å². The molecule has 0 aromatic rings. The van der Waals surface area contributed by atoms with Gasteiger partial charge in [0, 0.05) is 12.6 Å². The molecule has 1 unspecified atom stereocenters. The topological polar surface area (TPSA) is 32.3 Å². The molecule has 0 heterocycles. The molecule has 0 aromatic heterocycles. The fourth-order valence-corrected chi connectivity index (χ4v) is 1.10. The predicted octanol–water partition coefficient (Wildman–Crippen LogP) is 1.70. The van der Waals surface area contributed by atoms with Gasteiger partial charge in [0.05, 0.1) is 0 Å². The van der Waals surface area contributed by atoms with Crippen molar-refractivity contribution in [2.24, 2.45) is 0 Å². The minimum absolute atomic E-state index is 0.322. The second-order valence-corrected chi connectivity index (χ2v) is 3.16. The van der Waals surface area contributed by atoms with Gasteiger partial charge in [-0.3, -0.25) is 0 Å². The molecule has 12 heavy (non-hydrogen) atoms. The zero-order chi connectivity index (χ0) is 9.23. The third-order valence-electron chi connectivity index (χ3n) is 1.85. The van der Waals surface area contributed by atoms with Crippen molar-refractivity contribution in [3.8, 4) is 0 Å². The first-order chi connectivity index (χ1) is 5.81. The smallest absolute Gasteiger partial charge is 0.0431 e. The fraction of sp³-hybridized carbons (Fsp3) is 0.800. The molecule has 72 valence electrons. The maximum atomic E-state index is 8.53. The van der Waals surface area contributed by atoms with E-state index in [1.807, 2.05) is 6.08 Å². The van der Waals surface area contributed by atoms with E-state index in [0.717, 1.165) is 32.2 Å². The summed E-state index contributed by atoms with van der Waals surface area (Å²) in [5.74, 6) is 0. The summed E-state index contributed by atoms with van der Waals surface area (Å²) in [5, 5.41) is 11.9. The van der Waals surface area contributed by atoms with Crippen LogP contribution in [0, 0.1) is 0 Å². The van der Waals surface area contributed by atoms with E-state index in [1.165, 1.54) is 0 Å². The lowest BCUT2D eigenvalue weighted by Gasteiger charge is -2.10. The average Bonchev–Trinajstić information content (AvgIpc) is 2.05. The van der Waals surface area contributed by atoms with Crippen LogP contribution in [0.2, 0.25) is 0 Å². The highest BCUT2D eigenvalue weighted by molar-refractivity contribution is 4.74. The average molecular weight is 171 g/mol. The Morgan fingerprint density at radius 2 is 2.17 bits per heavy atom. The number of hydrogen-bond donors (Lipinski definition) is 2. The second-order valence-electron chi connectivity index (χ2n) is 3.16. The minimum Gasteiger partial charge on any atom is -0.396 e. The summed E-state index contributed by atoms with van der Waals surface area (Å²) in [6, 6.07) is 0.539. The molecule has 0 aliphatic rings. The van der Waals surface area contributed by atoms with Gasteiger partial charge in [-0.15, -0.1) is 6.58 Å². The highest BCUT2D eigenvalue weighted by Gasteiger charge is 1.96. The summed E-state index contributed by atoms with van der Waals surface area (Å²) in [4.78, 5) is 0. The van der Waals surface area contributed by atoms with Crippen LogP contribution in [-0.4, -0.2) is 24.3 Å². The zero-order valence-corrected chi connectivity index (χ0v) is 8.05. The van der Waals surface area contributed by atoms with Crippen LogP contribution in [-0.2, 0) is 0 Å². The fourth-order valence-electron chi connectivity index (χ4n) is 1.10. The van der Waals surface area contributed by atoms with Crippen molar-refractivity contribution in [3.63, 3.8) is 0 Å². The van der Waals surface area contributed by atoms with Gasteiger partial charge in [0.2, 0.25) is 0 Å². The Morgan fingerprint density at radius 1 is 1.42 bits per heavy atom. The molecule has 0 aromatic carbocycles. The van der Waals surface area contributed by atoms with Gasteiger partial charge in [-0.05, 0) is 39.2 Å². The van der Waals surface area contributed by atoms with Gasteiger partial charge in [0.1, 0.15) is 0 Å². The quantitative estimate of drug-likeness (QED) is 0.430. The number of nitrogens with one attached hydrogen (secondary N) is 1. The molecule has 0 amide bonds. The molecule has 0 fully saturated rings. The number of rotatable bonds is 8. The minimum atomic E-state index is 0.322. The summed E-state index contributed by atoms with van der Waals surface area (Å²) >= 11 is 0. The van der Waals surface area contributed by atoms with E-state index in [-0.39, 0.29) is 0 Å². The van der Waals surface area contributed by atoms with E-state index in [9.17, 15) is 0 Å². The molecule has 0 radical (unpaired) electrons. The molecular formula is C10H21NO. The van der Waals surface area contributed by atoms with Crippen LogP contribution in [0.4, 0.5) is 0 Å². The molecule has 0 saturated heterocycles. The van der Waals surface area contributed by atoms with E-state index in [2.05, 4.69) is 18.8 Å². The van der Waals surface area contributed by atoms with Crippen molar-refractivity contribution in [1.82, 2.24) is 5.32 Å². The van der Waals surface area contributed by atoms with E-state index in [4.69, 9.17) is 5.11 Å². The highest BCUT2D eigenvalue weighted by Crippen LogP contribution is 1.95. The summed E-state index contributed by atoms with van der Waals surface area (Å²) < 4.78 is 0. The summed E-state index contributed by atoms with van der Waals surface area (Å²) in [6.45, 7) is 7.22. The lowest BCUT2D eigenvalue weighted by Crippen LogP contribution is -2.26. The van der Waals surface area contributed by atoms with E-state index < -0.39 is 0 Å². The van der Waals surface area contributed by atoms with Crippen LogP contribution in [0.5, 0.6) is 0 Å². The number of hydrogen-bond acceptors (Lipinski definition) is 2. The maximum Gasteiger partial charge on any atom is 0.0431 e. The monoisotopic (exact) mass is 171 g/mol. The third-order valence-corrected chi connectivity index (χ3v) is 1.85. The normalized spacial score (nSPS) is 12.8. The number of aliphatic hydroxyl groups is 1. The van der Waals surface area contributed by atoms with E-state index in [0.29, 0.717) is 12.6 Å². The molecular weight excluding hydrogens is 150 g/mol. The van der Waals surface area contributed by atoms with Crippen LogP contribution in [0.3, 0.4) is 0 Å². The third kappa shape index (κ3) is 7.76. The van der Waals surface area contributed by atoms with Crippen molar-refractivity contribution in [1.29, 1.82) is 0 Å². The van der Waals surface area contributed by atoms with Gasteiger partial charge in [0.25, 0.3) is 0 Å². The van der Waals surface area contributed by atoms with Crippen LogP contribution in [0.25, 0.3) is 0 Å². The highest BCUT2D eigenvalue weighted by atomic mass is 16.2. The number of aliphatic hydroxyl groups excluding tert-OH is 1. The molecule has 2 nitrogen and oxygen atoms in total. The molecule has 0 aliphatic carbocycles. The molecule has 2 heteroatoms. The predicted molar refractivity (Wildman–Crippen MR) is 53.2 cm³/mol. The maximum absolute atomic E-state index is 8.53. The molecule has 2 N–H and O–H groups in total. The molecule has 1 atom stereocenters. The first-order valence-electron chi connectivity index (χ1n) is 4.76. The van der Waals surface area contributed by atoms with Crippen LogP contribution < -0.4 is 5.32 Å². The van der Waals surface area contributed by atoms with Gasteiger partial charge in [-0.25, -0.2) is 0 Å².